The number of amides is 2. The molecule has 1 aliphatic heterocycles. The average molecular weight is 340 g/mol. The minimum atomic E-state index is -0.456. The van der Waals surface area contributed by atoms with E-state index in [1.54, 1.807) is 41.9 Å². The van der Waals surface area contributed by atoms with E-state index in [1.807, 2.05) is 24.3 Å². The van der Waals surface area contributed by atoms with Gasteiger partial charge in [0.2, 0.25) is 11.8 Å². The summed E-state index contributed by atoms with van der Waals surface area (Å²) >= 11 is 1.70. The van der Waals surface area contributed by atoms with E-state index in [4.69, 9.17) is 5.73 Å². The number of likely N-dealkylation sites (N-methyl/N-ethyl adjacent to an activating group) is 1. The number of aryl methyl sites for hydroxylation is 1. The molecule has 0 aromatic heterocycles. The van der Waals surface area contributed by atoms with Gasteiger partial charge in [0.05, 0.1) is 0 Å². The molecule has 0 aliphatic carbocycles. The predicted octanol–water partition coefficient (Wildman–Crippen LogP) is 2.77. The number of hydrogen-bond donors (Lipinski definition) is 1. The molecule has 0 bridgehead atoms. The number of carbonyl (C=O) groups is 2. The summed E-state index contributed by atoms with van der Waals surface area (Å²) in [5.74, 6) is 0.595. The number of primary amides is 1. The van der Waals surface area contributed by atoms with Crippen molar-refractivity contribution in [3.63, 3.8) is 0 Å². The zero-order chi connectivity index (χ0) is 17.1. The van der Waals surface area contributed by atoms with Gasteiger partial charge >= 0.3 is 0 Å². The molecule has 2 aromatic rings. The van der Waals surface area contributed by atoms with Crippen LogP contribution in [0.1, 0.15) is 32.3 Å². The summed E-state index contributed by atoms with van der Waals surface area (Å²) < 4.78 is 0. The summed E-state index contributed by atoms with van der Waals surface area (Å²) in [5.41, 5.74) is 9.07. The van der Waals surface area contributed by atoms with Gasteiger partial charge in [-0.25, -0.2) is 0 Å². The van der Waals surface area contributed by atoms with Gasteiger partial charge in [0.15, 0.2) is 0 Å². The number of thioether (sulfide) groups is 1. The fraction of sp³-hybridized carbons (Fsp3) is 0.263. The van der Waals surface area contributed by atoms with E-state index >= 15 is 0 Å². The lowest BCUT2D eigenvalue weighted by atomic mass is 10.0. The highest BCUT2D eigenvalue weighted by atomic mass is 32.2. The van der Waals surface area contributed by atoms with E-state index in [-0.39, 0.29) is 11.2 Å². The summed E-state index contributed by atoms with van der Waals surface area (Å²) in [6.45, 7) is 0.458. The van der Waals surface area contributed by atoms with Crippen molar-refractivity contribution >= 4 is 23.6 Å². The second-order valence-electron chi connectivity index (χ2n) is 5.96. The molecule has 1 atom stereocenters. The topological polar surface area (TPSA) is 63.4 Å². The number of nitrogens with two attached hydrogens (primary N) is 1. The Morgan fingerprint density at radius 2 is 2.00 bits per heavy atom. The lowest BCUT2D eigenvalue weighted by Gasteiger charge is -2.28. The van der Waals surface area contributed by atoms with Crippen molar-refractivity contribution in [1.29, 1.82) is 0 Å². The Kier molecular flexibility index (Phi) is 4.90. The van der Waals surface area contributed by atoms with Crippen LogP contribution in [0.25, 0.3) is 0 Å². The first-order valence-corrected chi connectivity index (χ1v) is 8.94. The Hall–Kier alpha value is -2.27. The molecular weight excluding hydrogens is 320 g/mol. The summed E-state index contributed by atoms with van der Waals surface area (Å²) in [4.78, 5) is 25.9. The maximum Gasteiger partial charge on any atom is 0.248 e. The molecule has 5 heteroatoms. The van der Waals surface area contributed by atoms with Gasteiger partial charge in [-0.05, 0) is 41.0 Å². The van der Waals surface area contributed by atoms with Crippen molar-refractivity contribution in [1.82, 2.24) is 4.90 Å². The predicted molar refractivity (Wildman–Crippen MR) is 96.8 cm³/mol. The number of rotatable bonds is 4. The highest BCUT2D eigenvalue weighted by molar-refractivity contribution is 8.00. The molecule has 1 heterocycles. The molecule has 0 spiro atoms. The van der Waals surface area contributed by atoms with Crippen molar-refractivity contribution in [2.75, 3.05) is 12.8 Å². The van der Waals surface area contributed by atoms with Crippen LogP contribution in [-0.4, -0.2) is 29.5 Å². The smallest absolute Gasteiger partial charge is 0.248 e. The first-order chi connectivity index (χ1) is 11.6. The molecule has 4 nitrogen and oxygen atoms in total. The standard InChI is InChI=1S/C19H20N2O2S/c1-21(12-13-5-4-7-15(11-13)18(20)22)19(23)17-16-8-3-2-6-14(16)9-10-24-17/h2-8,11,17H,9-10,12H2,1H3,(H2,20,22)/t17-/m1/s1. The van der Waals surface area contributed by atoms with E-state index < -0.39 is 5.91 Å². The molecule has 0 radical (unpaired) electrons. The Bertz CT molecular complexity index is 775. The maximum absolute atomic E-state index is 12.9. The molecular formula is C19H20N2O2S. The van der Waals surface area contributed by atoms with Crippen LogP contribution in [-0.2, 0) is 17.8 Å². The molecule has 24 heavy (non-hydrogen) atoms. The molecule has 2 aromatic carbocycles. The van der Waals surface area contributed by atoms with Gasteiger partial charge in [0.25, 0.3) is 0 Å². The Balaban J connectivity index is 1.76. The third-order valence-electron chi connectivity index (χ3n) is 4.23. The largest absolute Gasteiger partial charge is 0.366 e. The van der Waals surface area contributed by atoms with E-state index in [0.29, 0.717) is 12.1 Å². The number of fused-ring (bicyclic) bond motifs is 1. The molecule has 0 fully saturated rings. The minimum absolute atomic E-state index is 0.0941. The molecule has 1 aliphatic rings. The van der Waals surface area contributed by atoms with Crippen LogP contribution in [0.2, 0.25) is 0 Å². The minimum Gasteiger partial charge on any atom is -0.366 e. The lowest BCUT2D eigenvalue weighted by Crippen LogP contribution is -2.32. The second kappa shape index (κ2) is 7.09. The Morgan fingerprint density at radius 3 is 2.79 bits per heavy atom. The first kappa shape index (κ1) is 16.6. The van der Waals surface area contributed by atoms with Crippen LogP contribution < -0.4 is 5.73 Å². The van der Waals surface area contributed by atoms with Crippen LogP contribution in [0, 0.1) is 0 Å². The quantitative estimate of drug-likeness (QED) is 0.931. The summed E-state index contributed by atoms with van der Waals surface area (Å²) in [7, 11) is 1.80. The number of hydrogen-bond acceptors (Lipinski definition) is 3. The van der Waals surface area contributed by atoms with Gasteiger partial charge in [0, 0.05) is 19.2 Å². The zero-order valence-electron chi connectivity index (χ0n) is 13.6. The van der Waals surface area contributed by atoms with E-state index in [2.05, 4.69) is 6.07 Å². The summed E-state index contributed by atoms with van der Waals surface area (Å²) in [5, 5.41) is -0.153. The van der Waals surface area contributed by atoms with Gasteiger partial charge < -0.3 is 10.6 Å². The SMILES string of the molecule is CN(Cc1cccc(C(N)=O)c1)C(=O)[C@@H]1SCCc2ccccc21. The lowest BCUT2D eigenvalue weighted by molar-refractivity contribution is -0.130. The van der Waals surface area contributed by atoms with Gasteiger partial charge in [-0.3, -0.25) is 9.59 Å². The van der Waals surface area contributed by atoms with Gasteiger partial charge in [-0.1, -0.05) is 36.4 Å². The van der Waals surface area contributed by atoms with Crippen LogP contribution >= 0.6 is 11.8 Å². The summed E-state index contributed by atoms with van der Waals surface area (Å²) in [6.07, 6.45) is 1.01. The number of carbonyl (C=O) groups excluding carboxylic acids is 2. The third kappa shape index (κ3) is 3.46. The van der Waals surface area contributed by atoms with Crippen LogP contribution in [0.3, 0.4) is 0 Å². The molecule has 2 amide bonds. The van der Waals surface area contributed by atoms with Crippen molar-refractivity contribution in [3.8, 4) is 0 Å². The van der Waals surface area contributed by atoms with Gasteiger partial charge in [0.1, 0.15) is 5.25 Å². The highest BCUT2D eigenvalue weighted by Crippen LogP contribution is 2.37. The summed E-state index contributed by atoms with van der Waals surface area (Å²) in [6, 6.07) is 15.3. The van der Waals surface area contributed by atoms with Crippen molar-refractivity contribution < 1.29 is 9.59 Å². The van der Waals surface area contributed by atoms with Gasteiger partial charge in [-0.15, -0.1) is 11.8 Å². The molecule has 0 saturated heterocycles. The fourth-order valence-electron chi connectivity index (χ4n) is 2.97. The maximum atomic E-state index is 12.9. The Labute approximate surface area is 146 Å². The van der Waals surface area contributed by atoms with Crippen LogP contribution in [0.5, 0.6) is 0 Å². The van der Waals surface area contributed by atoms with Crippen molar-refractivity contribution in [3.05, 3.63) is 70.8 Å². The normalized spacial score (nSPS) is 16.3. The van der Waals surface area contributed by atoms with E-state index in [0.717, 1.165) is 23.3 Å². The molecule has 2 N–H and O–H groups in total. The Morgan fingerprint density at radius 1 is 1.21 bits per heavy atom. The second-order valence-corrected chi connectivity index (χ2v) is 7.17. The molecule has 124 valence electrons. The van der Waals surface area contributed by atoms with Gasteiger partial charge in [-0.2, -0.15) is 0 Å². The molecule has 0 saturated carbocycles. The number of nitrogens with zero attached hydrogens (tertiary/aromatic N) is 1. The fourth-order valence-corrected chi connectivity index (χ4v) is 4.28. The van der Waals surface area contributed by atoms with E-state index in [1.165, 1.54) is 5.56 Å². The van der Waals surface area contributed by atoms with Crippen molar-refractivity contribution in [2.24, 2.45) is 5.73 Å². The third-order valence-corrected chi connectivity index (χ3v) is 5.45. The zero-order valence-corrected chi connectivity index (χ0v) is 14.4. The van der Waals surface area contributed by atoms with E-state index in [9.17, 15) is 9.59 Å². The van der Waals surface area contributed by atoms with Crippen LogP contribution in [0.4, 0.5) is 0 Å². The average Bonchev–Trinajstić information content (AvgIpc) is 2.60. The van der Waals surface area contributed by atoms with Crippen molar-refractivity contribution in [2.45, 2.75) is 18.2 Å². The highest BCUT2D eigenvalue weighted by Gasteiger charge is 2.29. The monoisotopic (exact) mass is 340 g/mol. The molecule has 0 unspecified atom stereocenters. The number of benzene rings is 2. The molecule has 3 rings (SSSR count). The van der Waals surface area contributed by atoms with Crippen LogP contribution in [0.15, 0.2) is 48.5 Å². The first-order valence-electron chi connectivity index (χ1n) is 7.89.